The molecular weight excluding hydrogens is 184 g/mol. The number of hydrogen-bond acceptors (Lipinski definition) is 2. The number of pyridine rings is 1. The zero-order chi connectivity index (χ0) is 10.9. The van der Waals surface area contributed by atoms with Crippen molar-refractivity contribution in [1.29, 1.82) is 0 Å². The highest BCUT2D eigenvalue weighted by molar-refractivity contribution is 5.07. The first-order valence-electron chi connectivity index (χ1n) is 5.39. The van der Waals surface area contributed by atoms with E-state index in [0.717, 1.165) is 25.1 Å². The third-order valence-corrected chi connectivity index (χ3v) is 2.20. The highest BCUT2D eigenvalue weighted by Gasteiger charge is 2.06. The summed E-state index contributed by atoms with van der Waals surface area (Å²) in [5, 5.41) is 3.42. The monoisotopic (exact) mass is 202 g/mol. The van der Waals surface area contributed by atoms with Gasteiger partial charge in [-0.3, -0.25) is 4.98 Å². The molecule has 1 unspecified atom stereocenters. The minimum absolute atomic E-state index is 0.414. The van der Waals surface area contributed by atoms with Gasteiger partial charge < -0.3 is 5.32 Å². The molecule has 0 spiro atoms. The first-order valence-corrected chi connectivity index (χ1v) is 5.39. The zero-order valence-electron chi connectivity index (χ0n) is 9.46. The van der Waals surface area contributed by atoms with E-state index in [1.54, 1.807) is 0 Å². The molecule has 1 atom stereocenters. The molecule has 0 saturated heterocycles. The molecule has 0 aliphatic rings. The van der Waals surface area contributed by atoms with Gasteiger partial charge in [0.25, 0.3) is 0 Å². The molecule has 0 radical (unpaired) electrons. The summed E-state index contributed by atoms with van der Waals surface area (Å²) in [6, 6.07) is 6.44. The summed E-state index contributed by atoms with van der Waals surface area (Å²) in [5.74, 6) is 6.05. The molecule has 0 saturated carbocycles. The van der Waals surface area contributed by atoms with Crippen LogP contribution in [0.15, 0.2) is 24.4 Å². The Labute approximate surface area is 92.1 Å². The van der Waals surface area contributed by atoms with E-state index in [-0.39, 0.29) is 0 Å². The molecule has 0 aliphatic carbocycles. The van der Waals surface area contributed by atoms with Crippen molar-refractivity contribution in [2.75, 3.05) is 6.54 Å². The molecule has 2 heteroatoms. The third-order valence-electron chi connectivity index (χ3n) is 2.20. The third kappa shape index (κ3) is 4.62. The lowest BCUT2D eigenvalue weighted by atomic mass is 10.1. The molecule has 0 aromatic carbocycles. The predicted octanol–water partition coefficient (Wildman–Crippen LogP) is 2.02. The molecule has 0 aliphatic heterocycles. The normalized spacial score (nSPS) is 11.6. The van der Waals surface area contributed by atoms with Crippen LogP contribution in [0.5, 0.6) is 0 Å². The Kier molecular flexibility index (Phi) is 5.50. The van der Waals surface area contributed by atoms with Crippen molar-refractivity contribution >= 4 is 0 Å². The van der Waals surface area contributed by atoms with E-state index >= 15 is 0 Å². The van der Waals surface area contributed by atoms with Crippen molar-refractivity contribution in [2.24, 2.45) is 0 Å². The van der Waals surface area contributed by atoms with Crippen LogP contribution >= 0.6 is 0 Å². The van der Waals surface area contributed by atoms with Crippen molar-refractivity contribution < 1.29 is 0 Å². The number of likely N-dealkylation sites (N-methyl/N-ethyl adjacent to an activating group) is 1. The highest BCUT2D eigenvalue weighted by Crippen LogP contribution is 2.02. The second-order valence-corrected chi connectivity index (χ2v) is 3.41. The van der Waals surface area contributed by atoms with Gasteiger partial charge in [-0.05, 0) is 25.6 Å². The average molecular weight is 202 g/mol. The van der Waals surface area contributed by atoms with Crippen LogP contribution in [-0.4, -0.2) is 17.6 Å². The largest absolute Gasteiger partial charge is 0.313 e. The van der Waals surface area contributed by atoms with Gasteiger partial charge in [0.05, 0.1) is 0 Å². The minimum atomic E-state index is 0.414. The van der Waals surface area contributed by atoms with Crippen LogP contribution in [0.1, 0.15) is 26.0 Å². The van der Waals surface area contributed by atoms with Crippen LogP contribution < -0.4 is 5.32 Å². The van der Waals surface area contributed by atoms with Gasteiger partial charge in [0.2, 0.25) is 0 Å². The summed E-state index contributed by atoms with van der Waals surface area (Å²) in [6.07, 6.45) is 3.67. The first-order chi connectivity index (χ1) is 7.36. The summed E-state index contributed by atoms with van der Waals surface area (Å²) in [7, 11) is 0. The van der Waals surface area contributed by atoms with Crippen LogP contribution in [0.2, 0.25) is 0 Å². The maximum absolute atomic E-state index is 4.32. The second-order valence-electron chi connectivity index (χ2n) is 3.41. The van der Waals surface area contributed by atoms with E-state index in [1.807, 2.05) is 25.3 Å². The van der Waals surface area contributed by atoms with Crippen molar-refractivity contribution in [1.82, 2.24) is 10.3 Å². The van der Waals surface area contributed by atoms with Gasteiger partial charge in [0, 0.05) is 30.8 Å². The zero-order valence-corrected chi connectivity index (χ0v) is 9.46. The Morgan fingerprint density at radius 3 is 2.93 bits per heavy atom. The fraction of sp³-hybridized carbons (Fsp3) is 0.462. The second kappa shape index (κ2) is 7.03. The maximum Gasteiger partial charge on any atom is 0.0419 e. The molecule has 0 fully saturated rings. The number of hydrogen-bond donors (Lipinski definition) is 1. The molecule has 1 rings (SSSR count). The highest BCUT2D eigenvalue weighted by atomic mass is 14.9. The number of nitrogens with one attached hydrogen (secondary N) is 1. The molecule has 1 heterocycles. The fourth-order valence-electron chi connectivity index (χ4n) is 1.50. The number of nitrogens with zero attached hydrogens (tertiary/aromatic N) is 1. The van der Waals surface area contributed by atoms with E-state index in [1.165, 1.54) is 0 Å². The lowest BCUT2D eigenvalue weighted by Crippen LogP contribution is -2.30. The summed E-state index contributed by atoms with van der Waals surface area (Å²) in [6.45, 7) is 4.97. The van der Waals surface area contributed by atoms with Crippen LogP contribution in [0, 0.1) is 11.8 Å². The van der Waals surface area contributed by atoms with Crippen molar-refractivity contribution in [2.45, 2.75) is 32.7 Å². The van der Waals surface area contributed by atoms with E-state index < -0.39 is 0 Å². The molecule has 2 nitrogen and oxygen atoms in total. The minimum Gasteiger partial charge on any atom is -0.313 e. The van der Waals surface area contributed by atoms with Gasteiger partial charge in [0.15, 0.2) is 0 Å². The van der Waals surface area contributed by atoms with E-state index in [4.69, 9.17) is 0 Å². The quantitative estimate of drug-likeness (QED) is 0.739. The van der Waals surface area contributed by atoms with Crippen molar-refractivity contribution in [3.05, 3.63) is 30.1 Å². The van der Waals surface area contributed by atoms with E-state index in [9.17, 15) is 0 Å². The van der Waals surface area contributed by atoms with Gasteiger partial charge in [-0.1, -0.05) is 13.0 Å². The number of aromatic nitrogens is 1. The summed E-state index contributed by atoms with van der Waals surface area (Å²) >= 11 is 0. The summed E-state index contributed by atoms with van der Waals surface area (Å²) < 4.78 is 0. The van der Waals surface area contributed by atoms with E-state index in [2.05, 4.69) is 35.1 Å². The summed E-state index contributed by atoms with van der Waals surface area (Å²) in [4.78, 5) is 4.32. The van der Waals surface area contributed by atoms with Gasteiger partial charge in [-0.2, -0.15) is 0 Å². The smallest absolute Gasteiger partial charge is 0.0419 e. The first kappa shape index (κ1) is 11.7. The molecule has 1 aromatic rings. The maximum atomic E-state index is 4.32. The van der Waals surface area contributed by atoms with Gasteiger partial charge >= 0.3 is 0 Å². The molecule has 0 amide bonds. The summed E-state index contributed by atoms with van der Waals surface area (Å²) in [5.41, 5.74) is 1.13. The van der Waals surface area contributed by atoms with Crippen LogP contribution in [-0.2, 0) is 6.42 Å². The molecule has 80 valence electrons. The lowest BCUT2D eigenvalue weighted by Gasteiger charge is -2.14. The van der Waals surface area contributed by atoms with Crippen LogP contribution in [0.3, 0.4) is 0 Å². The molecule has 1 aromatic heterocycles. The Hall–Kier alpha value is -1.33. The number of rotatable bonds is 5. The molecular formula is C13H18N2. The van der Waals surface area contributed by atoms with Gasteiger partial charge in [-0.15, -0.1) is 11.8 Å². The van der Waals surface area contributed by atoms with Crippen molar-refractivity contribution in [3.63, 3.8) is 0 Å². The van der Waals surface area contributed by atoms with E-state index in [0.29, 0.717) is 6.04 Å². The molecule has 1 N–H and O–H groups in total. The van der Waals surface area contributed by atoms with Crippen LogP contribution in [0.4, 0.5) is 0 Å². The SMILES string of the molecule is CC#CCC(Cc1ccccn1)NCC. The van der Waals surface area contributed by atoms with Crippen LogP contribution in [0.25, 0.3) is 0 Å². The molecule has 0 bridgehead atoms. The fourth-order valence-corrected chi connectivity index (χ4v) is 1.50. The molecule has 15 heavy (non-hydrogen) atoms. The Balaban J connectivity index is 2.53. The van der Waals surface area contributed by atoms with Gasteiger partial charge in [0.1, 0.15) is 0 Å². The topological polar surface area (TPSA) is 24.9 Å². The van der Waals surface area contributed by atoms with Crippen molar-refractivity contribution in [3.8, 4) is 11.8 Å². The lowest BCUT2D eigenvalue weighted by molar-refractivity contribution is 0.530. The Morgan fingerprint density at radius 1 is 1.47 bits per heavy atom. The Bertz CT molecular complexity index is 321. The average Bonchev–Trinajstić information content (AvgIpc) is 2.28. The van der Waals surface area contributed by atoms with Gasteiger partial charge in [-0.25, -0.2) is 0 Å². The predicted molar refractivity (Wildman–Crippen MR) is 63.5 cm³/mol. The standard InChI is InChI=1S/C13H18N2/c1-3-5-8-12(14-4-2)11-13-9-6-7-10-15-13/h6-7,9-10,12,14H,4,8,11H2,1-2H3. The Morgan fingerprint density at radius 2 is 2.33 bits per heavy atom.